The molecule has 1 aliphatic heterocycles. The van der Waals surface area contributed by atoms with Crippen LogP contribution in [0.25, 0.3) is 0 Å². The number of ether oxygens (including phenoxy) is 1. The number of likely N-dealkylation sites (N-methyl/N-ethyl adjacent to an activating group) is 1. The Bertz CT molecular complexity index is 739. The molecule has 1 aliphatic rings. The van der Waals surface area contributed by atoms with E-state index in [1.54, 1.807) is 0 Å². The molecule has 0 aliphatic carbocycles. The second kappa shape index (κ2) is 8.01. The van der Waals surface area contributed by atoms with Crippen LogP contribution in [0.1, 0.15) is 30.1 Å². The number of carbonyl (C=O) groups is 1. The molecular weight excluding hydrogens is 349 g/mol. The van der Waals surface area contributed by atoms with Crippen LogP contribution in [0, 0.1) is 5.82 Å². The summed E-state index contributed by atoms with van der Waals surface area (Å²) in [5.41, 5.74) is -0.208. The second-order valence-corrected chi connectivity index (χ2v) is 7.79. The molecule has 2 rings (SSSR count). The Labute approximate surface area is 147 Å². The molecule has 140 valence electrons. The molecule has 0 saturated carbocycles. The predicted molar refractivity (Wildman–Crippen MR) is 94.0 cm³/mol. The Kier molecular flexibility index (Phi) is 6.23. The van der Waals surface area contributed by atoms with Gasteiger partial charge in [-0.25, -0.2) is 12.8 Å². The van der Waals surface area contributed by atoms with Gasteiger partial charge in [-0.3, -0.25) is 14.4 Å². The van der Waals surface area contributed by atoms with Gasteiger partial charge < -0.3 is 10.1 Å². The lowest BCUT2D eigenvalue weighted by molar-refractivity contribution is 0.0938. The summed E-state index contributed by atoms with van der Waals surface area (Å²) in [4.78, 5) is 14.8. The van der Waals surface area contributed by atoms with Crippen LogP contribution in [0.2, 0.25) is 0 Å². The summed E-state index contributed by atoms with van der Waals surface area (Å²) >= 11 is 0. The fourth-order valence-corrected chi connectivity index (χ4v) is 3.58. The fraction of sp³-hybridized carbons (Fsp3) is 0.562. The van der Waals surface area contributed by atoms with E-state index in [9.17, 15) is 17.6 Å². The van der Waals surface area contributed by atoms with Crippen molar-refractivity contribution >= 4 is 21.6 Å². The van der Waals surface area contributed by atoms with Crippen LogP contribution in [0.5, 0.6) is 5.75 Å². The van der Waals surface area contributed by atoms with E-state index in [1.165, 1.54) is 7.11 Å². The molecule has 25 heavy (non-hydrogen) atoms. The monoisotopic (exact) mass is 373 g/mol. The summed E-state index contributed by atoms with van der Waals surface area (Å²) in [7, 11) is -2.34. The minimum Gasteiger partial charge on any atom is -0.496 e. The van der Waals surface area contributed by atoms with E-state index >= 15 is 0 Å². The van der Waals surface area contributed by atoms with Gasteiger partial charge in [0.15, 0.2) is 5.82 Å². The summed E-state index contributed by atoms with van der Waals surface area (Å²) in [5, 5.41) is 2.83. The maximum Gasteiger partial charge on any atom is 0.255 e. The SMILES string of the molecule is CCN1CCCC1CNC(=O)c1cc(NS(C)(=O)=O)c(F)cc1OC. The van der Waals surface area contributed by atoms with Crippen molar-refractivity contribution in [2.24, 2.45) is 0 Å². The number of methoxy groups -OCH3 is 1. The van der Waals surface area contributed by atoms with Gasteiger partial charge in [0.25, 0.3) is 5.91 Å². The number of amides is 1. The Balaban J connectivity index is 2.18. The third kappa shape index (κ3) is 5.05. The number of carbonyl (C=O) groups excluding carboxylic acids is 1. The topological polar surface area (TPSA) is 87.7 Å². The zero-order valence-electron chi connectivity index (χ0n) is 14.6. The lowest BCUT2D eigenvalue weighted by Gasteiger charge is -2.23. The number of benzene rings is 1. The Morgan fingerprint density at radius 2 is 2.16 bits per heavy atom. The number of rotatable bonds is 7. The van der Waals surface area contributed by atoms with E-state index in [2.05, 4.69) is 21.9 Å². The minimum atomic E-state index is -3.67. The van der Waals surface area contributed by atoms with E-state index < -0.39 is 21.7 Å². The summed E-state index contributed by atoms with van der Waals surface area (Å²) in [5.74, 6) is -1.20. The molecule has 1 heterocycles. The molecule has 1 aromatic rings. The maximum atomic E-state index is 14.0. The van der Waals surface area contributed by atoms with E-state index in [0.717, 1.165) is 44.3 Å². The normalized spacial score (nSPS) is 18.2. The Morgan fingerprint density at radius 1 is 1.44 bits per heavy atom. The number of sulfonamides is 1. The summed E-state index contributed by atoms with van der Waals surface area (Å²) < 4.78 is 43.8. The van der Waals surface area contributed by atoms with Crippen molar-refractivity contribution in [3.05, 3.63) is 23.5 Å². The van der Waals surface area contributed by atoms with Crippen LogP contribution < -0.4 is 14.8 Å². The fourth-order valence-electron chi connectivity index (χ4n) is 3.03. The number of hydrogen-bond acceptors (Lipinski definition) is 5. The van der Waals surface area contributed by atoms with E-state index in [1.807, 2.05) is 0 Å². The highest BCUT2D eigenvalue weighted by atomic mass is 32.2. The number of anilines is 1. The molecular formula is C16H24FN3O4S. The summed E-state index contributed by atoms with van der Waals surface area (Å²) in [6.45, 7) is 4.48. The number of nitrogens with zero attached hydrogens (tertiary/aromatic N) is 1. The van der Waals surface area contributed by atoms with Crippen LogP contribution in [-0.4, -0.2) is 58.3 Å². The zero-order chi connectivity index (χ0) is 18.6. The van der Waals surface area contributed by atoms with Gasteiger partial charge in [-0.15, -0.1) is 0 Å². The molecule has 1 unspecified atom stereocenters. The average Bonchev–Trinajstić information content (AvgIpc) is 3.00. The van der Waals surface area contributed by atoms with Crippen LogP contribution in [0.4, 0.5) is 10.1 Å². The van der Waals surface area contributed by atoms with Crippen molar-refractivity contribution < 1.29 is 22.3 Å². The molecule has 1 amide bonds. The molecule has 0 radical (unpaired) electrons. The van der Waals surface area contributed by atoms with Gasteiger partial charge in [0.05, 0.1) is 24.6 Å². The Morgan fingerprint density at radius 3 is 2.76 bits per heavy atom. The molecule has 0 aromatic heterocycles. The molecule has 1 saturated heterocycles. The van der Waals surface area contributed by atoms with Gasteiger partial charge in [0, 0.05) is 18.7 Å². The van der Waals surface area contributed by atoms with Crippen LogP contribution in [0.15, 0.2) is 12.1 Å². The van der Waals surface area contributed by atoms with E-state index in [4.69, 9.17) is 4.74 Å². The molecule has 1 fully saturated rings. The van der Waals surface area contributed by atoms with Gasteiger partial charge in [-0.1, -0.05) is 6.92 Å². The van der Waals surface area contributed by atoms with Gasteiger partial charge in [-0.05, 0) is 32.0 Å². The predicted octanol–water partition coefficient (Wildman–Crippen LogP) is 1.42. The van der Waals surface area contributed by atoms with Crippen molar-refractivity contribution in [1.82, 2.24) is 10.2 Å². The first-order chi connectivity index (χ1) is 11.7. The molecule has 9 heteroatoms. The molecule has 1 atom stereocenters. The van der Waals surface area contributed by atoms with E-state index in [-0.39, 0.29) is 23.0 Å². The van der Waals surface area contributed by atoms with Gasteiger partial charge in [-0.2, -0.15) is 0 Å². The smallest absolute Gasteiger partial charge is 0.255 e. The van der Waals surface area contributed by atoms with Crippen LogP contribution >= 0.6 is 0 Å². The summed E-state index contributed by atoms with van der Waals surface area (Å²) in [6, 6.07) is 2.42. The van der Waals surface area contributed by atoms with Crippen molar-refractivity contribution in [1.29, 1.82) is 0 Å². The Hall–Kier alpha value is -1.87. The zero-order valence-corrected chi connectivity index (χ0v) is 15.5. The van der Waals surface area contributed by atoms with Crippen molar-refractivity contribution in [2.45, 2.75) is 25.8 Å². The average molecular weight is 373 g/mol. The minimum absolute atomic E-state index is 0.0489. The van der Waals surface area contributed by atoms with Crippen LogP contribution in [0.3, 0.4) is 0 Å². The first-order valence-corrected chi connectivity index (χ1v) is 10.0. The second-order valence-electron chi connectivity index (χ2n) is 6.04. The van der Waals surface area contributed by atoms with E-state index in [0.29, 0.717) is 6.54 Å². The first kappa shape index (κ1) is 19.5. The van der Waals surface area contributed by atoms with Gasteiger partial charge in [0.2, 0.25) is 10.0 Å². The number of hydrogen-bond donors (Lipinski definition) is 2. The van der Waals surface area contributed by atoms with Crippen LogP contribution in [-0.2, 0) is 10.0 Å². The lowest BCUT2D eigenvalue weighted by Crippen LogP contribution is -2.40. The molecule has 1 aromatic carbocycles. The quantitative estimate of drug-likeness (QED) is 0.755. The number of likely N-dealkylation sites (tertiary alicyclic amines) is 1. The van der Waals surface area contributed by atoms with Gasteiger partial charge >= 0.3 is 0 Å². The largest absolute Gasteiger partial charge is 0.496 e. The first-order valence-electron chi connectivity index (χ1n) is 8.12. The third-order valence-corrected chi connectivity index (χ3v) is 4.82. The number of nitrogens with one attached hydrogen (secondary N) is 2. The highest BCUT2D eigenvalue weighted by Gasteiger charge is 2.24. The molecule has 7 nitrogen and oxygen atoms in total. The third-order valence-electron chi connectivity index (χ3n) is 4.23. The highest BCUT2D eigenvalue weighted by Crippen LogP contribution is 2.27. The lowest BCUT2D eigenvalue weighted by atomic mass is 10.1. The van der Waals surface area contributed by atoms with Crippen molar-refractivity contribution in [2.75, 3.05) is 37.7 Å². The van der Waals surface area contributed by atoms with Gasteiger partial charge in [0.1, 0.15) is 5.75 Å². The highest BCUT2D eigenvalue weighted by molar-refractivity contribution is 7.92. The van der Waals surface area contributed by atoms with Crippen molar-refractivity contribution in [3.63, 3.8) is 0 Å². The molecule has 0 bridgehead atoms. The standard InChI is InChI=1S/C16H24FN3O4S/c1-4-20-7-5-6-11(20)10-18-16(21)12-8-14(19-25(3,22)23)13(17)9-15(12)24-2/h8-9,11,19H,4-7,10H2,1-3H3,(H,18,21). The number of halogens is 1. The van der Waals surface area contributed by atoms with Crippen molar-refractivity contribution in [3.8, 4) is 5.75 Å². The summed E-state index contributed by atoms with van der Waals surface area (Å²) in [6.07, 6.45) is 3.02. The molecule has 2 N–H and O–H groups in total. The molecule has 0 spiro atoms. The maximum absolute atomic E-state index is 14.0.